The van der Waals surface area contributed by atoms with E-state index in [4.69, 9.17) is 4.74 Å². The Labute approximate surface area is 170 Å². The van der Waals surface area contributed by atoms with Gasteiger partial charge in [0.1, 0.15) is 5.75 Å². The molecule has 8 heteroatoms. The maximum Gasteiger partial charge on any atom is 0.228 e. The molecule has 2 aliphatic heterocycles. The zero-order chi connectivity index (χ0) is 20.4. The number of carbonyl (C=O) groups is 2. The van der Waals surface area contributed by atoms with Crippen LogP contribution in [0.4, 0.5) is 11.6 Å². The van der Waals surface area contributed by atoms with Gasteiger partial charge in [0.25, 0.3) is 0 Å². The highest BCUT2D eigenvalue weighted by molar-refractivity contribution is 6.00. The van der Waals surface area contributed by atoms with Crippen LogP contribution in [0.25, 0.3) is 0 Å². The number of aryl methyl sites for hydroxylation is 1. The van der Waals surface area contributed by atoms with Crippen molar-refractivity contribution in [3.05, 3.63) is 36.7 Å². The molecule has 1 aromatic carbocycles. The van der Waals surface area contributed by atoms with E-state index in [0.29, 0.717) is 25.4 Å². The third kappa shape index (κ3) is 3.79. The standard InChI is InChI=1S/C21H27N5O3/c1-3-23-8-7-22-21(23)25-11-9-24(10-12-25)20(28)16-13-19(27)26(15-16)17-5-4-6-18(14-17)29-2/h4-8,14,16H,3,9-13,15H2,1-2H3. The summed E-state index contributed by atoms with van der Waals surface area (Å²) in [6, 6.07) is 7.41. The molecule has 1 unspecified atom stereocenters. The summed E-state index contributed by atoms with van der Waals surface area (Å²) in [4.78, 5) is 35.8. The molecule has 2 saturated heterocycles. The van der Waals surface area contributed by atoms with E-state index < -0.39 is 0 Å². The minimum Gasteiger partial charge on any atom is -0.497 e. The average Bonchev–Trinajstić information content (AvgIpc) is 3.40. The molecule has 154 valence electrons. The Balaban J connectivity index is 1.37. The van der Waals surface area contributed by atoms with Gasteiger partial charge in [0.15, 0.2) is 0 Å². The summed E-state index contributed by atoms with van der Waals surface area (Å²) in [5.74, 6) is 1.42. The highest BCUT2D eigenvalue weighted by Gasteiger charge is 2.38. The van der Waals surface area contributed by atoms with Gasteiger partial charge in [-0.1, -0.05) is 6.07 Å². The lowest BCUT2D eigenvalue weighted by Crippen LogP contribution is -2.51. The first-order valence-corrected chi connectivity index (χ1v) is 10.1. The Morgan fingerprint density at radius 2 is 2.03 bits per heavy atom. The SMILES string of the molecule is CCn1ccnc1N1CCN(C(=O)C2CC(=O)N(c3cccc(OC)c3)C2)CC1. The van der Waals surface area contributed by atoms with Crippen molar-refractivity contribution in [3.8, 4) is 5.75 Å². The summed E-state index contributed by atoms with van der Waals surface area (Å²) in [5.41, 5.74) is 0.779. The maximum atomic E-state index is 13.0. The normalized spacial score (nSPS) is 19.7. The fourth-order valence-electron chi connectivity index (χ4n) is 4.12. The largest absolute Gasteiger partial charge is 0.497 e. The van der Waals surface area contributed by atoms with Gasteiger partial charge in [-0.25, -0.2) is 4.98 Å². The van der Waals surface area contributed by atoms with Crippen molar-refractivity contribution in [3.63, 3.8) is 0 Å². The quantitative estimate of drug-likeness (QED) is 0.767. The van der Waals surface area contributed by atoms with Crippen molar-refractivity contribution in [2.45, 2.75) is 19.9 Å². The van der Waals surface area contributed by atoms with Crippen molar-refractivity contribution in [2.75, 3.05) is 49.6 Å². The lowest BCUT2D eigenvalue weighted by Gasteiger charge is -2.36. The Morgan fingerprint density at radius 3 is 2.76 bits per heavy atom. The van der Waals surface area contributed by atoms with Crippen LogP contribution >= 0.6 is 0 Å². The van der Waals surface area contributed by atoms with Crippen LogP contribution in [0.3, 0.4) is 0 Å². The zero-order valence-corrected chi connectivity index (χ0v) is 17.0. The third-order valence-corrected chi connectivity index (χ3v) is 5.75. The van der Waals surface area contributed by atoms with Gasteiger partial charge < -0.3 is 24.0 Å². The lowest BCUT2D eigenvalue weighted by atomic mass is 10.1. The Hall–Kier alpha value is -3.03. The molecule has 3 heterocycles. The van der Waals surface area contributed by atoms with Gasteiger partial charge in [0.05, 0.1) is 13.0 Å². The fourth-order valence-corrected chi connectivity index (χ4v) is 4.12. The molecular weight excluding hydrogens is 370 g/mol. The Kier molecular flexibility index (Phi) is 5.42. The number of benzene rings is 1. The van der Waals surface area contributed by atoms with Gasteiger partial charge in [-0.05, 0) is 19.1 Å². The number of carbonyl (C=O) groups excluding carboxylic acids is 2. The van der Waals surface area contributed by atoms with Gasteiger partial charge >= 0.3 is 0 Å². The molecule has 0 saturated carbocycles. The number of imidazole rings is 1. The van der Waals surface area contributed by atoms with Crippen LogP contribution in [-0.2, 0) is 16.1 Å². The molecule has 1 atom stereocenters. The monoisotopic (exact) mass is 397 g/mol. The van der Waals surface area contributed by atoms with Crippen molar-refractivity contribution < 1.29 is 14.3 Å². The second-order valence-corrected chi connectivity index (χ2v) is 7.43. The summed E-state index contributed by atoms with van der Waals surface area (Å²) in [6.07, 6.45) is 4.05. The average molecular weight is 397 g/mol. The number of methoxy groups -OCH3 is 1. The maximum absolute atomic E-state index is 13.0. The third-order valence-electron chi connectivity index (χ3n) is 5.75. The summed E-state index contributed by atoms with van der Waals surface area (Å²) < 4.78 is 7.36. The van der Waals surface area contributed by atoms with Crippen LogP contribution in [0.1, 0.15) is 13.3 Å². The number of nitrogens with zero attached hydrogens (tertiary/aromatic N) is 5. The zero-order valence-electron chi connectivity index (χ0n) is 17.0. The number of ether oxygens (including phenoxy) is 1. The van der Waals surface area contributed by atoms with E-state index in [1.807, 2.05) is 41.6 Å². The molecule has 2 aliphatic rings. The lowest BCUT2D eigenvalue weighted by molar-refractivity contribution is -0.136. The molecule has 0 N–H and O–H groups in total. The van der Waals surface area contributed by atoms with Gasteiger partial charge in [-0.2, -0.15) is 0 Å². The van der Waals surface area contributed by atoms with Crippen molar-refractivity contribution >= 4 is 23.5 Å². The molecule has 2 fully saturated rings. The minimum absolute atomic E-state index is 0.0137. The van der Waals surface area contributed by atoms with Crippen molar-refractivity contribution in [1.82, 2.24) is 14.5 Å². The molecule has 0 radical (unpaired) electrons. The van der Waals surface area contributed by atoms with E-state index in [1.165, 1.54) is 0 Å². The molecule has 2 amide bonds. The molecule has 0 bridgehead atoms. The Morgan fingerprint density at radius 1 is 1.24 bits per heavy atom. The summed E-state index contributed by atoms with van der Waals surface area (Å²) in [6.45, 7) is 6.20. The number of aromatic nitrogens is 2. The fraction of sp³-hybridized carbons (Fsp3) is 0.476. The van der Waals surface area contributed by atoms with Gasteiger partial charge in [0, 0.05) is 69.8 Å². The van der Waals surface area contributed by atoms with Crippen LogP contribution in [0, 0.1) is 5.92 Å². The summed E-state index contributed by atoms with van der Waals surface area (Å²) in [5, 5.41) is 0. The van der Waals surface area contributed by atoms with Crippen LogP contribution in [0.15, 0.2) is 36.7 Å². The number of piperazine rings is 1. The first-order chi connectivity index (χ1) is 14.1. The molecular formula is C21H27N5O3. The second kappa shape index (κ2) is 8.14. The molecule has 29 heavy (non-hydrogen) atoms. The highest BCUT2D eigenvalue weighted by atomic mass is 16.5. The predicted octanol–water partition coefficient (Wildman–Crippen LogP) is 1.61. The molecule has 0 spiro atoms. The number of rotatable bonds is 5. The number of hydrogen-bond donors (Lipinski definition) is 0. The van der Waals surface area contributed by atoms with E-state index in [1.54, 1.807) is 12.0 Å². The number of anilines is 2. The Bertz CT molecular complexity index is 888. The van der Waals surface area contributed by atoms with Gasteiger partial charge in [-0.3, -0.25) is 9.59 Å². The molecule has 4 rings (SSSR count). The molecule has 8 nitrogen and oxygen atoms in total. The van der Waals surface area contributed by atoms with E-state index in [0.717, 1.165) is 31.3 Å². The van der Waals surface area contributed by atoms with Crippen molar-refractivity contribution in [1.29, 1.82) is 0 Å². The van der Waals surface area contributed by atoms with Gasteiger partial charge in [0.2, 0.25) is 17.8 Å². The van der Waals surface area contributed by atoms with Crippen LogP contribution in [0.2, 0.25) is 0 Å². The molecule has 1 aromatic heterocycles. The van der Waals surface area contributed by atoms with E-state index in [-0.39, 0.29) is 24.2 Å². The summed E-state index contributed by atoms with van der Waals surface area (Å²) >= 11 is 0. The van der Waals surface area contributed by atoms with Crippen LogP contribution in [-0.4, -0.2) is 66.1 Å². The predicted molar refractivity (Wildman–Crippen MR) is 110 cm³/mol. The first-order valence-electron chi connectivity index (χ1n) is 10.1. The van der Waals surface area contributed by atoms with Crippen LogP contribution < -0.4 is 14.5 Å². The van der Waals surface area contributed by atoms with E-state index in [9.17, 15) is 9.59 Å². The molecule has 2 aromatic rings. The number of amides is 2. The van der Waals surface area contributed by atoms with Gasteiger partial charge in [-0.15, -0.1) is 0 Å². The van der Waals surface area contributed by atoms with E-state index in [2.05, 4.69) is 21.4 Å². The van der Waals surface area contributed by atoms with Crippen molar-refractivity contribution in [2.24, 2.45) is 5.92 Å². The summed E-state index contributed by atoms with van der Waals surface area (Å²) in [7, 11) is 1.60. The number of hydrogen-bond acceptors (Lipinski definition) is 5. The van der Waals surface area contributed by atoms with Crippen LogP contribution in [0.5, 0.6) is 5.75 Å². The highest BCUT2D eigenvalue weighted by Crippen LogP contribution is 2.29. The second-order valence-electron chi connectivity index (χ2n) is 7.43. The topological polar surface area (TPSA) is 70.9 Å². The smallest absolute Gasteiger partial charge is 0.228 e. The first kappa shape index (κ1) is 19.3. The van der Waals surface area contributed by atoms with E-state index >= 15 is 0 Å². The molecule has 0 aliphatic carbocycles. The minimum atomic E-state index is -0.294.